The van der Waals surface area contributed by atoms with Gasteiger partial charge < -0.3 is 20.1 Å². The van der Waals surface area contributed by atoms with Crippen LogP contribution in [0.2, 0.25) is 0 Å². The molecule has 0 bridgehead atoms. The van der Waals surface area contributed by atoms with E-state index in [-0.39, 0.29) is 29.2 Å². The topological polar surface area (TPSA) is 105 Å². The molecular weight excluding hydrogens is 415 g/mol. The van der Waals surface area contributed by atoms with Crippen molar-refractivity contribution in [3.63, 3.8) is 0 Å². The van der Waals surface area contributed by atoms with Crippen molar-refractivity contribution < 1.29 is 29.2 Å². The summed E-state index contributed by atoms with van der Waals surface area (Å²) in [5.41, 5.74) is 1.16. The van der Waals surface area contributed by atoms with Crippen LogP contribution in [0.4, 0.5) is 4.39 Å². The van der Waals surface area contributed by atoms with Crippen LogP contribution in [0.5, 0.6) is 17.4 Å². The fourth-order valence-corrected chi connectivity index (χ4v) is 3.40. The highest BCUT2D eigenvalue weighted by molar-refractivity contribution is 6.15. The molecule has 32 heavy (non-hydrogen) atoms. The molecule has 4 aromatic rings. The van der Waals surface area contributed by atoms with E-state index in [1.54, 1.807) is 18.2 Å². The van der Waals surface area contributed by atoms with Crippen molar-refractivity contribution in [2.24, 2.45) is 0 Å². The van der Waals surface area contributed by atoms with Gasteiger partial charge in [-0.25, -0.2) is 9.37 Å². The van der Waals surface area contributed by atoms with Crippen molar-refractivity contribution >= 4 is 5.78 Å². The summed E-state index contributed by atoms with van der Waals surface area (Å²) in [5, 5.41) is 30.8. The largest absolute Gasteiger partial charge is 0.503 e. The van der Waals surface area contributed by atoms with E-state index in [9.17, 15) is 24.5 Å². The van der Waals surface area contributed by atoms with Gasteiger partial charge in [0.15, 0.2) is 11.5 Å². The number of aliphatic hydroxyl groups excluding tert-OH is 1. The highest BCUT2D eigenvalue weighted by Gasteiger charge is 2.30. The van der Waals surface area contributed by atoms with E-state index in [0.29, 0.717) is 16.9 Å². The standard InChI is InChI=1S/C24H19FN2O5/c1-32-18-9-5-16(6-10-18)22(29)20-21(15-3-7-17(25)8-4-15)27(24(31)23(20)30)19-11-2-14(13-28)12-26-19/h2-12,28,30-31H,13H2,1H3. The number of carbonyl (C=O) groups is 1. The van der Waals surface area contributed by atoms with Crippen LogP contribution in [0.3, 0.4) is 0 Å². The lowest BCUT2D eigenvalue weighted by Crippen LogP contribution is -2.06. The molecule has 0 spiro atoms. The number of aromatic hydroxyl groups is 2. The number of aliphatic hydroxyl groups is 1. The summed E-state index contributed by atoms with van der Waals surface area (Å²) in [6, 6.07) is 14.7. The summed E-state index contributed by atoms with van der Waals surface area (Å²) in [4.78, 5) is 17.6. The number of methoxy groups -OCH3 is 1. The van der Waals surface area contributed by atoms with E-state index >= 15 is 0 Å². The molecule has 0 amide bonds. The number of benzene rings is 2. The third-order valence-corrected chi connectivity index (χ3v) is 5.04. The Morgan fingerprint density at radius 1 is 1.03 bits per heavy atom. The van der Waals surface area contributed by atoms with Crippen molar-refractivity contribution in [1.29, 1.82) is 0 Å². The van der Waals surface area contributed by atoms with Gasteiger partial charge in [0.05, 0.1) is 25.0 Å². The molecule has 0 saturated carbocycles. The molecule has 0 unspecified atom stereocenters. The average Bonchev–Trinajstić information content (AvgIpc) is 3.09. The van der Waals surface area contributed by atoms with Crippen LogP contribution < -0.4 is 4.74 Å². The normalized spacial score (nSPS) is 10.8. The Kier molecular flexibility index (Phi) is 5.61. The quantitative estimate of drug-likeness (QED) is 0.399. The van der Waals surface area contributed by atoms with Gasteiger partial charge in [0.1, 0.15) is 17.4 Å². The SMILES string of the molecule is COc1ccc(C(=O)c2c(O)c(O)n(-c3ccc(CO)cn3)c2-c2ccc(F)cc2)cc1. The zero-order valence-electron chi connectivity index (χ0n) is 17.0. The summed E-state index contributed by atoms with van der Waals surface area (Å²) >= 11 is 0. The van der Waals surface area contributed by atoms with Crippen LogP contribution in [-0.4, -0.2) is 37.8 Å². The number of ketones is 1. The van der Waals surface area contributed by atoms with Crippen LogP contribution in [0, 0.1) is 5.82 Å². The molecular formula is C24H19FN2O5. The Balaban J connectivity index is 1.96. The highest BCUT2D eigenvalue weighted by atomic mass is 19.1. The number of nitrogens with zero attached hydrogens (tertiary/aromatic N) is 2. The van der Waals surface area contributed by atoms with Gasteiger partial charge in [0.25, 0.3) is 0 Å². The van der Waals surface area contributed by atoms with Gasteiger partial charge in [0, 0.05) is 11.8 Å². The number of pyridine rings is 1. The Bertz CT molecular complexity index is 1260. The molecule has 8 heteroatoms. The Morgan fingerprint density at radius 3 is 2.28 bits per heavy atom. The Labute approximate surface area is 182 Å². The van der Waals surface area contributed by atoms with E-state index in [0.717, 1.165) is 0 Å². The van der Waals surface area contributed by atoms with Crippen LogP contribution in [0.1, 0.15) is 21.5 Å². The number of hydrogen-bond donors (Lipinski definition) is 3. The molecule has 0 radical (unpaired) electrons. The van der Waals surface area contributed by atoms with Gasteiger partial charge in [-0.2, -0.15) is 0 Å². The zero-order chi connectivity index (χ0) is 22.8. The maximum Gasteiger partial charge on any atom is 0.241 e. The second-order valence-electron chi connectivity index (χ2n) is 6.98. The molecule has 0 fully saturated rings. The maximum absolute atomic E-state index is 13.6. The minimum absolute atomic E-state index is 0.144. The van der Waals surface area contributed by atoms with Gasteiger partial charge in [0.2, 0.25) is 5.88 Å². The number of aromatic nitrogens is 2. The minimum atomic E-state index is -0.627. The zero-order valence-corrected chi connectivity index (χ0v) is 17.0. The highest BCUT2D eigenvalue weighted by Crippen LogP contribution is 2.43. The lowest BCUT2D eigenvalue weighted by Gasteiger charge is -2.12. The molecule has 0 aliphatic rings. The molecule has 2 aromatic carbocycles. The van der Waals surface area contributed by atoms with Crippen molar-refractivity contribution in [2.75, 3.05) is 7.11 Å². The Hall–Kier alpha value is -4.17. The van der Waals surface area contributed by atoms with E-state index in [2.05, 4.69) is 4.98 Å². The summed E-state index contributed by atoms with van der Waals surface area (Å²) in [7, 11) is 1.50. The number of halogens is 1. The lowest BCUT2D eigenvalue weighted by molar-refractivity contribution is 0.103. The second-order valence-corrected chi connectivity index (χ2v) is 6.98. The molecule has 7 nitrogen and oxygen atoms in total. The molecule has 0 aliphatic carbocycles. The minimum Gasteiger partial charge on any atom is -0.503 e. The van der Waals surface area contributed by atoms with Gasteiger partial charge in [-0.1, -0.05) is 6.07 Å². The van der Waals surface area contributed by atoms with Gasteiger partial charge in [-0.05, 0) is 65.7 Å². The molecule has 2 aromatic heterocycles. The molecule has 0 aliphatic heterocycles. The molecule has 2 heterocycles. The molecule has 162 valence electrons. The first-order valence-corrected chi connectivity index (χ1v) is 9.62. The van der Waals surface area contributed by atoms with E-state index < -0.39 is 23.2 Å². The third kappa shape index (κ3) is 3.67. The van der Waals surface area contributed by atoms with Crippen LogP contribution in [-0.2, 0) is 6.61 Å². The summed E-state index contributed by atoms with van der Waals surface area (Å²) in [5.74, 6) is -1.50. The predicted molar refractivity (Wildman–Crippen MR) is 115 cm³/mol. The third-order valence-electron chi connectivity index (χ3n) is 5.04. The molecule has 3 N–H and O–H groups in total. The number of rotatable bonds is 6. The first-order chi connectivity index (χ1) is 15.4. The predicted octanol–water partition coefficient (Wildman–Crippen LogP) is 3.82. The van der Waals surface area contributed by atoms with E-state index in [1.807, 2.05) is 0 Å². The number of hydrogen-bond acceptors (Lipinski definition) is 6. The van der Waals surface area contributed by atoms with E-state index in [1.165, 1.54) is 60.3 Å². The molecule has 0 atom stereocenters. The maximum atomic E-state index is 13.6. The van der Waals surface area contributed by atoms with Crippen LogP contribution >= 0.6 is 0 Å². The van der Waals surface area contributed by atoms with Gasteiger partial charge in [-0.15, -0.1) is 0 Å². The Morgan fingerprint density at radius 2 is 1.72 bits per heavy atom. The number of carbonyl (C=O) groups excluding carboxylic acids is 1. The summed E-state index contributed by atoms with van der Waals surface area (Å²) in [6.45, 7) is -0.220. The first kappa shape index (κ1) is 21.1. The van der Waals surface area contributed by atoms with Crippen LogP contribution in [0.15, 0.2) is 66.9 Å². The smallest absolute Gasteiger partial charge is 0.241 e. The molecule has 4 rings (SSSR count). The number of ether oxygens (including phenoxy) is 1. The van der Waals surface area contributed by atoms with Gasteiger partial charge in [-0.3, -0.25) is 9.36 Å². The van der Waals surface area contributed by atoms with Crippen LogP contribution in [0.25, 0.3) is 17.1 Å². The molecule has 0 saturated heterocycles. The monoisotopic (exact) mass is 434 g/mol. The van der Waals surface area contributed by atoms with E-state index in [4.69, 9.17) is 4.74 Å². The average molecular weight is 434 g/mol. The first-order valence-electron chi connectivity index (χ1n) is 9.62. The van der Waals surface area contributed by atoms with Crippen molar-refractivity contribution in [3.8, 4) is 34.5 Å². The fourth-order valence-electron chi connectivity index (χ4n) is 3.40. The van der Waals surface area contributed by atoms with Gasteiger partial charge >= 0.3 is 0 Å². The summed E-state index contributed by atoms with van der Waals surface area (Å²) in [6.07, 6.45) is 1.41. The second kappa shape index (κ2) is 8.52. The van der Waals surface area contributed by atoms with Crippen molar-refractivity contribution in [1.82, 2.24) is 9.55 Å². The summed E-state index contributed by atoms with van der Waals surface area (Å²) < 4.78 is 19.9. The lowest BCUT2D eigenvalue weighted by atomic mass is 9.99. The fraction of sp³-hybridized carbons (Fsp3) is 0.0833. The van der Waals surface area contributed by atoms with Crippen molar-refractivity contribution in [2.45, 2.75) is 6.61 Å². The van der Waals surface area contributed by atoms with Crippen molar-refractivity contribution in [3.05, 3.63) is 89.4 Å².